The Morgan fingerprint density at radius 3 is 2.65 bits per heavy atom. The molecule has 2 aliphatic rings. The smallest absolute Gasteiger partial charge is 0.124 e. The molecule has 2 fully saturated rings. The highest BCUT2D eigenvalue weighted by Crippen LogP contribution is 2.22. The Morgan fingerprint density at radius 2 is 1.95 bits per heavy atom. The van der Waals surface area contributed by atoms with Crippen LogP contribution in [-0.4, -0.2) is 54.7 Å². The maximum atomic E-state index is 6.00. The Bertz CT molecular complexity index is 425. The molecule has 0 spiro atoms. The van der Waals surface area contributed by atoms with Gasteiger partial charge >= 0.3 is 0 Å². The summed E-state index contributed by atoms with van der Waals surface area (Å²) < 4.78 is 6.00. The van der Waals surface area contributed by atoms with Gasteiger partial charge in [0.05, 0.1) is 0 Å². The van der Waals surface area contributed by atoms with Crippen LogP contribution in [0.3, 0.4) is 0 Å². The lowest BCUT2D eigenvalue weighted by atomic mass is 10.1. The number of likely N-dealkylation sites (N-methyl/N-ethyl adjacent to an activating group) is 1. The highest BCUT2D eigenvalue weighted by atomic mass is 16.5. The third kappa shape index (κ3) is 3.15. The van der Waals surface area contributed by atoms with Crippen molar-refractivity contribution in [3.8, 4) is 5.75 Å². The van der Waals surface area contributed by atoms with Gasteiger partial charge in [-0.05, 0) is 45.0 Å². The van der Waals surface area contributed by atoms with Crippen molar-refractivity contribution in [2.45, 2.75) is 38.8 Å². The number of ether oxygens (including phenoxy) is 1. The number of likely N-dealkylation sites (tertiary alicyclic amines) is 2. The molecule has 0 bridgehead atoms. The van der Waals surface area contributed by atoms with Gasteiger partial charge in [0.2, 0.25) is 0 Å². The molecule has 0 amide bonds. The lowest BCUT2D eigenvalue weighted by Crippen LogP contribution is -2.57. The van der Waals surface area contributed by atoms with Crippen molar-refractivity contribution in [3.63, 3.8) is 0 Å². The van der Waals surface area contributed by atoms with Crippen LogP contribution < -0.4 is 4.74 Å². The lowest BCUT2D eigenvalue weighted by molar-refractivity contribution is 0.00624. The summed E-state index contributed by atoms with van der Waals surface area (Å²) >= 11 is 0. The molecule has 0 unspecified atom stereocenters. The first kappa shape index (κ1) is 13.9. The Labute approximate surface area is 122 Å². The number of rotatable bonds is 5. The van der Waals surface area contributed by atoms with Crippen LogP contribution in [-0.2, 0) is 0 Å². The number of hydrogen-bond acceptors (Lipinski definition) is 3. The minimum atomic E-state index is 0.384. The summed E-state index contributed by atoms with van der Waals surface area (Å²) in [6.45, 7) is 10.3. The zero-order valence-electron chi connectivity index (χ0n) is 12.7. The van der Waals surface area contributed by atoms with Gasteiger partial charge in [-0.25, -0.2) is 0 Å². The van der Waals surface area contributed by atoms with Gasteiger partial charge in [-0.15, -0.1) is 0 Å². The van der Waals surface area contributed by atoms with E-state index in [9.17, 15) is 0 Å². The molecule has 1 aromatic carbocycles. The van der Waals surface area contributed by atoms with Crippen molar-refractivity contribution in [1.82, 2.24) is 9.80 Å². The normalized spacial score (nSPS) is 24.8. The summed E-state index contributed by atoms with van der Waals surface area (Å²) in [7, 11) is 0. The maximum absolute atomic E-state index is 6.00. The van der Waals surface area contributed by atoms with Crippen LogP contribution in [0, 0.1) is 6.92 Å². The summed E-state index contributed by atoms with van der Waals surface area (Å²) in [6.07, 6.45) is 3.12. The predicted octanol–water partition coefficient (Wildman–Crippen LogP) is 2.54. The molecule has 0 radical (unpaired) electrons. The minimum Gasteiger partial charge on any atom is -0.488 e. The van der Waals surface area contributed by atoms with Gasteiger partial charge in [0.15, 0.2) is 0 Å². The molecule has 2 saturated heterocycles. The lowest BCUT2D eigenvalue weighted by Gasteiger charge is -2.41. The molecule has 0 aromatic heterocycles. The van der Waals surface area contributed by atoms with E-state index in [1.165, 1.54) is 38.0 Å². The Morgan fingerprint density at radius 1 is 1.20 bits per heavy atom. The molecule has 1 aromatic rings. The maximum Gasteiger partial charge on any atom is 0.124 e. The summed E-state index contributed by atoms with van der Waals surface area (Å²) in [5, 5.41) is 0. The molecule has 1 atom stereocenters. The standard InChI is InChI=1S/C17H26N2O/c1-3-19-10-4-5-15(19)11-18-12-17(13-18)20-16-8-6-14(2)7-9-16/h6-9,15,17H,3-5,10-13H2,1-2H3/t15-/m1/s1. The van der Waals surface area contributed by atoms with Gasteiger partial charge in [-0.2, -0.15) is 0 Å². The van der Waals surface area contributed by atoms with E-state index in [4.69, 9.17) is 4.74 Å². The van der Waals surface area contributed by atoms with E-state index in [0.717, 1.165) is 24.9 Å². The van der Waals surface area contributed by atoms with E-state index in [0.29, 0.717) is 6.10 Å². The van der Waals surface area contributed by atoms with Crippen LogP contribution in [0.5, 0.6) is 5.75 Å². The van der Waals surface area contributed by atoms with E-state index in [1.807, 2.05) is 0 Å². The zero-order chi connectivity index (χ0) is 13.9. The number of benzene rings is 1. The predicted molar refractivity (Wildman–Crippen MR) is 82.3 cm³/mol. The van der Waals surface area contributed by atoms with Gasteiger partial charge in [-0.1, -0.05) is 24.6 Å². The second-order valence-electron chi connectivity index (χ2n) is 6.20. The first-order chi connectivity index (χ1) is 9.74. The van der Waals surface area contributed by atoms with Crippen LogP contribution in [0.4, 0.5) is 0 Å². The summed E-state index contributed by atoms with van der Waals surface area (Å²) in [5.41, 5.74) is 1.29. The van der Waals surface area contributed by atoms with Crippen molar-refractivity contribution in [2.75, 3.05) is 32.7 Å². The fourth-order valence-corrected chi connectivity index (χ4v) is 3.37. The van der Waals surface area contributed by atoms with E-state index < -0.39 is 0 Å². The first-order valence-corrected chi connectivity index (χ1v) is 7.94. The van der Waals surface area contributed by atoms with Gasteiger partial charge in [0.1, 0.15) is 11.9 Å². The Balaban J connectivity index is 1.41. The van der Waals surface area contributed by atoms with E-state index in [1.54, 1.807) is 0 Å². The largest absolute Gasteiger partial charge is 0.488 e. The molecule has 3 rings (SSSR count). The molecular formula is C17H26N2O. The second kappa shape index (κ2) is 6.15. The van der Waals surface area contributed by atoms with Crippen LogP contribution in [0.2, 0.25) is 0 Å². The van der Waals surface area contributed by atoms with Crippen molar-refractivity contribution < 1.29 is 4.74 Å². The van der Waals surface area contributed by atoms with Crippen molar-refractivity contribution in [2.24, 2.45) is 0 Å². The van der Waals surface area contributed by atoms with Gasteiger partial charge in [0.25, 0.3) is 0 Å². The van der Waals surface area contributed by atoms with Crippen molar-refractivity contribution >= 4 is 0 Å². The van der Waals surface area contributed by atoms with Gasteiger partial charge < -0.3 is 4.74 Å². The second-order valence-corrected chi connectivity index (χ2v) is 6.20. The van der Waals surface area contributed by atoms with Crippen LogP contribution in [0.25, 0.3) is 0 Å². The Hall–Kier alpha value is -1.06. The molecule has 110 valence electrons. The molecule has 2 aliphatic heterocycles. The summed E-state index contributed by atoms with van der Waals surface area (Å²) in [4.78, 5) is 5.16. The Kier molecular flexibility index (Phi) is 4.27. The van der Waals surface area contributed by atoms with E-state index >= 15 is 0 Å². The van der Waals surface area contributed by atoms with Crippen LogP contribution in [0.15, 0.2) is 24.3 Å². The fraction of sp³-hybridized carbons (Fsp3) is 0.647. The molecule has 0 N–H and O–H groups in total. The average molecular weight is 274 g/mol. The summed E-state index contributed by atoms with van der Waals surface area (Å²) in [5.74, 6) is 1.01. The van der Waals surface area contributed by atoms with Gasteiger partial charge in [-0.3, -0.25) is 9.80 Å². The quantitative estimate of drug-likeness (QED) is 0.820. The third-order valence-corrected chi connectivity index (χ3v) is 4.62. The first-order valence-electron chi connectivity index (χ1n) is 7.94. The van der Waals surface area contributed by atoms with Crippen molar-refractivity contribution in [3.05, 3.63) is 29.8 Å². The molecule has 2 heterocycles. The SMILES string of the molecule is CCN1CCC[C@@H]1CN1CC(Oc2ccc(C)cc2)C1. The van der Waals surface area contributed by atoms with Gasteiger partial charge in [0, 0.05) is 25.7 Å². The molecule has 0 aliphatic carbocycles. The topological polar surface area (TPSA) is 15.7 Å². The monoisotopic (exact) mass is 274 g/mol. The number of hydrogen-bond donors (Lipinski definition) is 0. The molecule has 3 nitrogen and oxygen atoms in total. The van der Waals surface area contributed by atoms with E-state index in [-0.39, 0.29) is 0 Å². The molecular weight excluding hydrogens is 248 g/mol. The number of aryl methyl sites for hydroxylation is 1. The van der Waals surface area contributed by atoms with Crippen molar-refractivity contribution in [1.29, 1.82) is 0 Å². The molecule has 0 saturated carbocycles. The molecule has 20 heavy (non-hydrogen) atoms. The van der Waals surface area contributed by atoms with Crippen LogP contribution >= 0.6 is 0 Å². The zero-order valence-corrected chi connectivity index (χ0v) is 12.7. The minimum absolute atomic E-state index is 0.384. The number of nitrogens with zero attached hydrogens (tertiary/aromatic N) is 2. The van der Waals surface area contributed by atoms with Crippen LogP contribution in [0.1, 0.15) is 25.3 Å². The third-order valence-electron chi connectivity index (χ3n) is 4.62. The highest BCUT2D eigenvalue weighted by molar-refractivity contribution is 5.26. The molecule has 3 heteroatoms. The average Bonchev–Trinajstić information content (AvgIpc) is 2.86. The summed E-state index contributed by atoms with van der Waals surface area (Å²) in [6, 6.07) is 9.16. The fourth-order valence-electron chi connectivity index (χ4n) is 3.37. The highest BCUT2D eigenvalue weighted by Gasteiger charge is 2.33. The van der Waals surface area contributed by atoms with E-state index in [2.05, 4.69) is 47.9 Å².